The normalized spacial score (nSPS) is 17.4. The summed E-state index contributed by atoms with van der Waals surface area (Å²) >= 11 is 0. The average molecular weight is 240 g/mol. The van der Waals surface area contributed by atoms with Crippen molar-refractivity contribution < 1.29 is 9.66 Å². The molecule has 0 spiro atoms. The van der Waals surface area contributed by atoms with Crippen molar-refractivity contribution in [2.75, 3.05) is 25.1 Å². The number of methoxy groups -OCH3 is 1. The molecule has 0 aliphatic carbocycles. The van der Waals surface area contributed by atoms with Gasteiger partial charge in [-0.05, 0) is 12.8 Å². The van der Waals surface area contributed by atoms with Crippen LogP contribution in [-0.4, -0.2) is 41.0 Å². The second-order valence-electron chi connectivity index (χ2n) is 4.16. The summed E-state index contributed by atoms with van der Waals surface area (Å²) in [5, 5.41) is 14.9. The van der Waals surface area contributed by atoms with Crippen molar-refractivity contribution >= 4 is 11.5 Å². The largest absolute Gasteiger partial charge is 0.381 e. The topological polar surface area (TPSA) is 73.4 Å². The van der Waals surface area contributed by atoms with Gasteiger partial charge in [0.2, 0.25) is 5.82 Å². The van der Waals surface area contributed by atoms with Crippen LogP contribution in [0.2, 0.25) is 0 Å². The molecule has 0 radical (unpaired) electrons. The molecule has 94 valence electrons. The molecule has 7 nitrogen and oxygen atoms in total. The Labute approximate surface area is 99.1 Å². The van der Waals surface area contributed by atoms with E-state index in [1.807, 2.05) is 4.90 Å². The molecule has 0 atom stereocenters. The highest BCUT2D eigenvalue weighted by Crippen LogP contribution is 2.29. The molecule has 2 heterocycles. The number of hydrogen-bond acceptors (Lipinski definition) is 5. The monoisotopic (exact) mass is 240 g/mol. The van der Waals surface area contributed by atoms with Crippen molar-refractivity contribution in [3.05, 3.63) is 16.3 Å². The lowest BCUT2D eigenvalue weighted by Gasteiger charge is -2.31. The zero-order chi connectivity index (χ0) is 12.4. The van der Waals surface area contributed by atoms with E-state index in [1.165, 1.54) is 6.20 Å². The minimum absolute atomic E-state index is 0.0726. The molecule has 2 rings (SSSR count). The van der Waals surface area contributed by atoms with Crippen molar-refractivity contribution in [2.24, 2.45) is 7.05 Å². The van der Waals surface area contributed by atoms with E-state index in [9.17, 15) is 10.1 Å². The molecule has 0 aromatic carbocycles. The summed E-state index contributed by atoms with van der Waals surface area (Å²) in [6.45, 7) is 1.53. The first-order valence-corrected chi connectivity index (χ1v) is 5.57. The van der Waals surface area contributed by atoms with E-state index in [1.54, 1.807) is 18.8 Å². The minimum Gasteiger partial charge on any atom is -0.381 e. The fourth-order valence-corrected chi connectivity index (χ4v) is 2.22. The lowest BCUT2D eigenvalue weighted by molar-refractivity contribution is -0.384. The Bertz CT molecular complexity index is 410. The molecular weight excluding hydrogens is 224 g/mol. The molecule has 0 N–H and O–H groups in total. The Morgan fingerprint density at radius 3 is 2.71 bits per heavy atom. The van der Waals surface area contributed by atoms with E-state index in [0.717, 1.165) is 25.9 Å². The van der Waals surface area contributed by atoms with Gasteiger partial charge >= 0.3 is 5.69 Å². The fourth-order valence-electron chi connectivity index (χ4n) is 2.22. The molecule has 0 unspecified atom stereocenters. The molecule has 1 aromatic heterocycles. The van der Waals surface area contributed by atoms with Gasteiger partial charge in [-0.15, -0.1) is 0 Å². The lowest BCUT2D eigenvalue weighted by Crippen LogP contribution is -2.37. The maximum Gasteiger partial charge on any atom is 0.331 e. The second kappa shape index (κ2) is 4.70. The number of nitro groups is 1. The average Bonchev–Trinajstić information content (AvgIpc) is 2.71. The molecule has 1 fully saturated rings. The number of aromatic nitrogens is 2. The number of ether oxygens (including phenoxy) is 1. The Morgan fingerprint density at radius 1 is 1.53 bits per heavy atom. The summed E-state index contributed by atoms with van der Waals surface area (Å²) < 4.78 is 6.84. The predicted molar refractivity (Wildman–Crippen MR) is 62.1 cm³/mol. The number of anilines is 1. The van der Waals surface area contributed by atoms with Gasteiger partial charge in [0, 0.05) is 27.2 Å². The molecule has 7 heteroatoms. The van der Waals surface area contributed by atoms with Gasteiger partial charge in [0.1, 0.15) is 6.20 Å². The van der Waals surface area contributed by atoms with Crippen molar-refractivity contribution in [1.29, 1.82) is 0 Å². The van der Waals surface area contributed by atoms with Gasteiger partial charge in [-0.3, -0.25) is 10.1 Å². The summed E-state index contributed by atoms with van der Waals surface area (Å²) in [6, 6.07) is 0. The summed E-state index contributed by atoms with van der Waals surface area (Å²) in [4.78, 5) is 12.5. The SMILES string of the molecule is COC1CCN(c2c([N+](=O)[O-])cnn2C)CC1. The molecule has 0 saturated carbocycles. The second-order valence-corrected chi connectivity index (χ2v) is 4.16. The van der Waals surface area contributed by atoms with Crippen LogP contribution >= 0.6 is 0 Å². The summed E-state index contributed by atoms with van der Waals surface area (Å²) in [5.41, 5.74) is 0.0726. The van der Waals surface area contributed by atoms with Crippen LogP contribution in [0.25, 0.3) is 0 Å². The zero-order valence-corrected chi connectivity index (χ0v) is 10.00. The van der Waals surface area contributed by atoms with Gasteiger partial charge in [-0.25, -0.2) is 4.68 Å². The summed E-state index contributed by atoms with van der Waals surface area (Å²) in [7, 11) is 3.43. The van der Waals surface area contributed by atoms with E-state index in [4.69, 9.17) is 4.74 Å². The van der Waals surface area contributed by atoms with E-state index >= 15 is 0 Å². The number of rotatable bonds is 3. The van der Waals surface area contributed by atoms with Gasteiger partial charge in [-0.2, -0.15) is 5.10 Å². The zero-order valence-electron chi connectivity index (χ0n) is 10.00. The van der Waals surface area contributed by atoms with Gasteiger partial charge in [0.15, 0.2) is 0 Å². The van der Waals surface area contributed by atoms with Crippen molar-refractivity contribution in [2.45, 2.75) is 18.9 Å². The summed E-state index contributed by atoms with van der Waals surface area (Å²) in [6.07, 6.45) is 3.34. The first-order valence-electron chi connectivity index (χ1n) is 5.57. The smallest absolute Gasteiger partial charge is 0.331 e. The highest BCUT2D eigenvalue weighted by Gasteiger charge is 2.28. The van der Waals surface area contributed by atoms with E-state index in [-0.39, 0.29) is 16.7 Å². The van der Waals surface area contributed by atoms with Gasteiger partial charge in [0.25, 0.3) is 0 Å². The molecule has 1 aliphatic rings. The maximum atomic E-state index is 10.9. The quantitative estimate of drug-likeness (QED) is 0.580. The third-order valence-corrected chi connectivity index (χ3v) is 3.16. The predicted octanol–water partition coefficient (Wildman–Crippen LogP) is 0.943. The Morgan fingerprint density at radius 2 is 2.18 bits per heavy atom. The van der Waals surface area contributed by atoms with Gasteiger partial charge < -0.3 is 9.64 Å². The van der Waals surface area contributed by atoms with Gasteiger partial charge in [0.05, 0.1) is 11.0 Å². The number of hydrogen-bond donors (Lipinski definition) is 0. The standard InChI is InChI=1S/C10H16N4O3/c1-12-10(9(7-11-12)14(15)16)13-5-3-8(17-2)4-6-13/h7-8H,3-6H2,1-2H3. The van der Waals surface area contributed by atoms with Crippen LogP contribution in [0.5, 0.6) is 0 Å². The highest BCUT2D eigenvalue weighted by atomic mass is 16.6. The molecule has 1 aromatic rings. The van der Waals surface area contributed by atoms with Crippen molar-refractivity contribution in [1.82, 2.24) is 9.78 Å². The molecule has 1 saturated heterocycles. The van der Waals surface area contributed by atoms with E-state index < -0.39 is 0 Å². The van der Waals surface area contributed by atoms with Crippen LogP contribution in [0.15, 0.2) is 6.20 Å². The highest BCUT2D eigenvalue weighted by molar-refractivity contribution is 5.57. The van der Waals surface area contributed by atoms with Gasteiger partial charge in [-0.1, -0.05) is 0 Å². The van der Waals surface area contributed by atoms with Crippen molar-refractivity contribution in [3.63, 3.8) is 0 Å². The van der Waals surface area contributed by atoms with Crippen LogP contribution in [0, 0.1) is 10.1 Å². The van der Waals surface area contributed by atoms with Crippen LogP contribution < -0.4 is 4.90 Å². The molecule has 0 bridgehead atoms. The Hall–Kier alpha value is -1.63. The first-order chi connectivity index (χ1) is 8.13. The third-order valence-electron chi connectivity index (χ3n) is 3.16. The maximum absolute atomic E-state index is 10.9. The van der Waals surface area contributed by atoms with Crippen LogP contribution in [0.1, 0.15) is 12.8 Å². The molecule has 17 heavy (non-hydrogen) atoms. The fraction of sp³-hybridized carbons (Fsp3) is 0.700. The Kier molecular flexibility index (Phi) is 3.28. The van der Waals surface area contributed by atoms with Crippen molar-refractivity contribution in [3.8, 4) is 0 Å². The summed E-state index contributed by atoms with van der Waals surface area (Å²) in [5.74, 6) is 0.588. The Balaban J connectivity index is 2.18. The minimum atomic E-state index is -0.384. The molecular formula is C10H16N4O3. The lowest BCUT2D eigenvalue weighted by atomic mass is 10.1. The van der Waals surface area contributed by atoms with E-state index in [2.05, 4.69) is 5.10 Å². The van der Waals surface area contributed by atoms with Crippen LogP contribution in [0.3, 0.4) is 0 Å². The van der Waals surface area contributed by atoms with Crippen LogP contribution in [0.4, 0.5) is 11.5 Å². The molecule has 1 aliphatic heterocycles. The number of nitrogens with zero attached hydrogens (tertiary/aromatic N) is 4. The first kappa shape index (κ1) is 11.8. The third kappa shape index (κ3) is 2.23. The number of piperidine rings is 1. The van der Waals surface area contributed by atoms with E-state index in [0.29, 0.717) is 5.82 Å². The van der Waals surface area contributed by atoms with Crippen LogP contribution in [-0.2, 0) is 11.8 Å². The molecule has 0 amide bonds. The number of aryl methyl sites for hydroxylation is 1.